The zero-order chi connectivity index (χ0) is 14.6. The second kappa shape index (κ2) is 6.12. The molecule has 2 unspecified atom stereocenters. The quantitative estimate of drug-likeness (QED) is 0.789. The molecule has 0 aliphatic heterocycles. The first kappa shape index (κ1) is 15.6. The molecule has 1 aromatic carbocycles. The van der Waals surface area contributed by atoms with Gasteiger partial charge in [-0.3, -0.25) is 4.79 Å². The summed E-state index contributed by atoms with van der Waals surface area (Å²) in [5, 5.41) is 8.63. The zero-order valence-electron chi connectivity index (χ0n) is 9.52. The fourth-order valence-electron chi connectivity index (χ4n) is 1.28. The van der Waals surface area contributed by atoms with Crippen molar-refractivity contribution in [1.29, 1.82) is 0 Å². The van der Waals surface area contributed by atoms with Gasteiger partial charge in [-0.15, -0.1) is 0 Å². The molecule has 1 rings (SSSR count). The van der Waals surface area contributed by atoms with Crippen molar-refractivity contribution in [2.24, 2.45) is 5.73 Å². The molecule has 0 heterocycles. The molecule has 0 amide bonds. The second-order valence-electron chi connectivity index (χ2n) is 3.76. The number of nitrogens with two attached hydrogens (primary N) is 1. The van der Waals surface area contributed by atoms with Crippen LogP contribution >= 0.6 is 11.6 Å². The Labute approximate surface area is 111 Å². The maximum Gasteiger partial charge on any atom is 0.444 e. The minimum absolute atomic E-state index is 0.0714. The Bertz CT molecular complexity index is 457. The minimum atomic E-state index is -4.17. The number of ether oxygens (including phenoxy) is 1. The fraction of sp³-hybridized carbons (Fsp3) is 0.364. The SMILES string of the molecule is NC(Cc1cccc(OC(F)(F)C(F)Cl)c1)C(=O)O. The molecule has 0 saturated heterocycles. The van der Waals surface area contributed by atoms with Crippen molar-refractivity contribution >= 4 is 17.6 Å². The van der Waals surface area contributed by atoms with E-state index < -0.39 is 23.8 Å². The molecule has 0 aliphatic carbocycles. The Morgan fingerprint density at radius 2 is 2.16 bits per heavy atom. The molecular formula is C11H11ClF3NO3. The first-order chi connectivity index (χ1) is 8.72. The summed E-state index contributed by atoms with van der Waals surface area (Å²) in [6, 6.07) is 4.00. The van der Waals surface area contributed by atoms with Gasteiger partial charge in [-0.25, -0.2) is 4.39 Å². The van der Waals surface area contributed by atoms with Crippen LogP contribution in [0.3, 0.4) is 0 Å². The number of carboxylic acid groups (broad SMARTS) is 1. The van der Waals surface area contributed by atoms with Crippen LogP contribution in [0.1, 0.15) is 5.56 Å². The molecular weight excluding hydrogens is 287 g/mol. The van der Waals surface area contributed by atoms with E-state index in [9.17, 15) is 18.0 Å². The molecule has 4 nitrogen and oxygen atoms in total. The van der Waals surface area contributed by atoms with Crippen LogP contribution in [0.25, 0.3) is 0 Å². The number of rotatable bonds is 6. The smallest absolute Gasteiger partial charge is 0.444 e. The highest BCUT2D eigenvalue weighted by Crippen LogP contribution is 2.29. The number of aliphatic carboxylic acids is 1. The second-order valence-corrected chi connectivity index (χ2v) is 4.14. The largest absolute Gasteiger partial charge is 0.480 e. The van der Waals surface area contributed by atoms with Crippen LogP contribution < -0.4 is 10.5 Å². The van der Waals surface area contributed by atoms with Crippen molar-refractivity contribution in [3.05, 3.63) is 29.8 Å². The van der Waals surface area contributed by atoms with E-state index in [2.05, 4.69) is 16.3 Å². The van der Waals surface area contributed by atoms with Gasteiger partial charge in [0, 0.05) is 0 Å². The number of alkyl halides is 4. The summed E-state index contributed by atoms with van der Waals surface area (Å²) in [6.07, 6.45) is -4.24. The average molecular weight is 298 g/mol. The van der Waals surface area contributed by atoms with Gasteiger partial charge < -0.3 is 15.6 Å². The van der Waals surface area contributed by atoms with Crippen molar-refractivity contribution in [3.8, 4) is 5.75 Å². The molecule has 2 atom stereocenters. The van der Waals surface area contributed by atoms with Gasteiger partial charge in [0.15, 0.2) is 0 Å². The van der Waals surface area contributed by atoms with E-state index in [1.54, 1.807) is 0 Å². The van der Waals surface area contributed by atoms with E-state index >= 15 is 0 Å². The highest BCUT2D eigenvalue weighted by Gasteiger charge is 2.42. The molecule has 1 aromatic rings. The minimum Gasteiger partial charge on any atom is -0.480 e. The molecule has 0 fully saturated rings. The maximum absolute atomic E-state index is 12.9. The third-order valence-electron chi connectivity index (χ3n) is 2.18. The van der Waals surface area contributed by atoms with Crippen LogP contribution in [0.2, 0.25) is 0 Å². The number of hydrogen-bond donors (Lipinski definition) is 2. The number of benzene rings is 1. The van der Waals surface area contributed by atoms with E-state index in [0.717, 1.165) is 6.07 Å². The summed E-state index contributed by atoms with van der Waals surface area (Å²) in [6.45, 7) is 0. The van der Waals surface area contributed by atoms with Gasteiger partial charge in [-0.1, -0.05) is 23.7 Å². The average Bonchev–Trinajstić information content (AvgIpc) is 2.28. The Morgan fingerprint density at radius 3 is 2.68 bits per heavy atom. The van der Waals surface area contributed by atoms with E-state index in [4.69, 9.17) is 10.8 Å². The molecule has 0 radical (unpaired) electrons. The first-order valence-corrected chi connectivity index (χ1v) is 5.58. The Morgan fingerprint density at radius 1 is 1.53 bits per heavy atom. The molecule has 106 valence electrons. The van der Waals surface area contributed by atoms with Crippen LogP contribution in [-0.4, -0.2) is 28.9 Å². The van der Waals surface area contributed by atoms with E-state index in [-0.39, 0.29) is 12.2 Å². The summed E-state index contributed by atoms with van der Waals surface area (Å²) in [7, 11) is 0. The Kier molecular flexibility index (Phi) is 5.02. The first-order valence-electron chi connectivity index (χ1n) is 5.14. The van der Waals surface area contributed by atoms with Crippen LogP contribution in [0, 0.1) is 0 Å². The van der Waals surface area contributed by atoms with Crippen molar-refractivity contribution in [2.45, 2.75) is 24.2 Å². The van der Waals surface area contributed by atoms with Gasteiger partial charge in [0.1, 0.15) is 11.8 Å². The maximum atomic E-state index is 12.9. The van der Waals surface area contributed by atoms with E-state index in [0.29, 0.717) is 5.56 Å². The third kappa shape index (κ3) is 4.60. The molecule has 0 aromatic heterocycles. The van der Waals surface area contributed by atoms with Gasteiger partial charge in [0.25, 0.3) is 5.63 Å². The fourth-order valence-corrected chi connectivity index (χ4v) is 1.32. The topological polar surface area (TPSA) is 72.5 Å². The highest BCUT2D eigenvalue weighted by atomic mass is 35.5. The lowest BCUT2D eigenvalue weighted by Gasteiger charge is -2.18. The van der Waals surface area contributed by atoms with Gasteiger partial charge in [0.2, 0.25) is 0 Å². The van der Waals surface area contributed by atoms with Crippen LogP contribution in [-0.2, 0) is 11.2 Å². The number of carbonyl (C=O) groups is 1. The summed E-state index contributed by atoms with van der Waals surface area (Å²) in [4.78, 5) is 10.6. The van der Waals surface area contributed by atoms with Crippen LogP contribution in [0.15, 0.2) is 24.3 Å². The van der Waals surface area contributed by atoms with Crippen molar-refractivity contribution in [2.75, 3.05) is 0 Å². The standard InChI is InChI=1S/C11H11ClF3NO3/c12-10(13)11(14,15)19-7-3-1-2-6(4-7)5-8(16)9(17)18/h1-4,8,10H,5,16H2,(H,17,18). The molecule has 0 spiro atoms. The van der Waals surface area contributed by atoms with Gasteiger partial charge >= 0.3 is 12.1 Å². The molecule has 0 aliphatic rings. The highest BCUT2D eigenvalue weighted by molar-refractivity contribution is 6.20. The molecule has 8 heteroatoms. The lowest BCUT2D eigenvalue weighted by atomic mass is 10.1. The van der Waals surface area contributed by atoms with E-state index in [1.165, 1.54) is 18.2 Å². The van der Waals surface area contributed by atoms with Crippen LogP contribution in [0.5, 0.6) is 5.75 Å². The van der Waals surface area contributed by atoms with Gasteiger partial charge in [-0.05, 0) is 24.1 Å². The predicted molar refractivity (Wildman–Crippen MR) is 62.1 cm³/mol. The zero-order valence-corrected chi connectivity index (χ0v) is 10.3. The van der Waals surface area contributed by atoms with Crippen molar-refractivity contribution in [3.63, 3.8) is 0 Å². The molecule has 19 heavy (non-hydrogen) atoms. The predicted octanol–water partition coefficient (Wildman–Crippen LogP) is 2.15. The summed E-state index contributed by atoms with van der Waals surface area (Å²) >= 11 is 4.65. The number of halogens is 4. The monoisotopic (exact) mass is 297 g/mol. The number of hydrogen-bond acceptors (Lipinski definition) is 3. The lowest BCUT2D eigenvalue weighted by molar-refractivity contribution is -0.199. The third-order valence-corrected chi connectivity index (χ3v) is 2.43. The van der Waals surface area contributed by atoms with Gasteiger partial charge in [-0.2, -0.15) is 8.78 Å². The summed E-state index contributed by atoms with van der Waals surface area (Å²) < 4.78 is 42.3. The Balaban J connectivity index is 2.80. The molecule has 3 N–H and O–H groups in total. The summed E-state index contributed by atoms with van der Waals surface area (Å²) in [5.74, 6) is -1.55. The van der Waals surface area contributed by atoms with Gasteiger partial charge in [0.05, 0.1) is 0 Å². The summed E-state index contributed by atoms with van der Waals surface area (Å²) in [5.41, 5.74) is 2.68. The normalized spacial score (nSPS) is 14.8. The Hall–Kier alpha value is -1.47. The van der Waals surface area contributed by atoms with E-state index in [1.807, 2.05) is 0 Å². The molecule has 0 bridgehead atoms. The number of carboxylic acids is 1. The molecule has 0 saturated carbocycles. The van der Waals surface area contributed by atoms with Crippen molar-refractivity contribution < 1.29 is 27.8 Å². The van der Waals surface area contributed by atoms with Crippen molar-refractivity contribution in [1.82, 2.24) is 0 Å². The lowest BCUT2D eigenvalue weighted by Crippen LogP contribution is -2.33. The van der Waals surface area contributed by atoms with Crippen LogP contribution in [0.4, 0.5) is 13.2 Å².